The number of para-hydroxylation sites is 1. The van der Waals surface area contributed by atoms with Crippen LogP contribution in [0.2, 0.25) is 0 Å². The standard InChI is InChI=1S/C22H26BrN3O2/c23-22-9-14-5-15(10-22)8-21(7-14,13-22)11-20(28)26-25-19(27)6-16-12-24-18-4-2-1-3-17(16)18/h1-4,12,14-15,24H,5-11,13H2,(H,25,27)(H,26,28). The summed E-state index contributed by atoms with van der Waals surface area (Å²) < 4.78 is 0.246. The van der Waals surface area contributed by atoms with Gasteiger partial charge in [0.15, 0.2) is 0 Å². The molecule has 3 N–H and O–H groups in total. The Morgan fingerprint density at radius 1 is 1.07 bits per heavy atom. The van der Waals surface area contributed by atoms with Crippen LogP contribution in [0.3, 0.4) is 0 Å². The Labute approximate surface area is 173 Å². The van der Waals surface area contributed by atoms with Gasteiger partial charge in [0.25, 0.3) is 0 Å². The van der Waals surface area contributed by atoms with Gasteiger partial charge in [-0.15, -0.1) is 0 Å². The number of hydrazine groups is 1. The van der Waals surface area contributed by atoms with Crippen LogP contribution in [0.25, 0.3) is 10.9 Å². The number of halogens is 1. The molecule has 28 heavy (non-hydrogen) atoms. The molecule has 0 saturated heterocycles. The zero-order chi connectivity index (χ0) is 19.4. The van der Waals surface area contributed by atoms with Crippen molar-refractivity contribution < 1.29 is 9.59 Å². The molecule has 4 fully saturated rings. The third-order valence-corrected chi connectivity index (χ3v) is 7.94. The van der Waals surface area contributed by atoms with Crippen LogP contribution >= 0.6 is 15.9 Å². The van der Waals surface area contributed by atoms with Crippen LogP contribution in [-0.4, -0.2) is 21.1 Å². The molecule has 0 aliphatic heterocycles. The minimum absolute atomic E-state index is 0.0645. The SMILES string of the molecule is O=C(Cc1c[nH]c2ccccc12)NNC(=O)CC12CC3CC(CC(Br)(C3)C1)C2. The lowest BCUT2D eigenvalue weighted by Crippen LogP contribution is -2.54. The van der Waals surface area contributed by atoms with Crippen LogP contribution in [0.15, 0.2) is 30.5 Å². The minimum atomic E-state index is -0.194. The Hall–Kier alpha value is -1.82. The smallest absolute Gasteiger partial charge is 0.242 e. The van der Waals surface area contributed by atoms with Gasteiger partial charge in [0.2, 0.25) is 11.8 Å². The molecule has 0 radical (unpaired) electrons. The predicted octanol–water partition coefficient (Wildman–Crippen LogP) is 3.98. The summed E-state index contributed by atoms with van der Waals surface area (Å²) in [7, 11) is 0. The summed E-state index contributed by atoms with van der Waals surface area (Å²) in [5.41, 5.74) is 7.34. The average molecular weight is 444 g/mol. The van der Waals surface area contributed by atoms with Crippen molar-refractivity contribution in [1.82, 2.24) is 15.8 Å². The van der Waals surface area contributed by atoms with E-state index in [1.165, 1.54) is 19.3 Å². The maximum Gasteiger partial charge on any atom is 0.242 e. The van der Waals surface area contributed by atoms with Gasteiger partial charge in [0.05, 0.1) is 6.42 Å². The normalized spacial score (nSPS) is 33.2. The number of amides is 2. The van der Waals surface area contributed by atoms with E-state index in [2.05, 4.69) is 31.8 Å². The number of carbonyl (C=O) groups excluding carboxylic acids is 2. The highest BCUT2D eigenvalue weighted by atomic mass is 79.9. The molecule has 2 aromatic rings. The van der Waals surface area contributed by atoms with E-state index in [-0.39, 0.29) is 28.0 Å². The number of carbonyl (C=O) groups is 2. The molecule has 2 unspecified atom stereocenters. The van der Waals surface area contributed by atoms with Crippen molar-refractivity contribution in [3.8, 4) is 0 Å². The fourth-order valence-electron chi connectivity index (χ4n) is 6.56. The molecule has 2 atom stereocenters. The predicted molar refractivity (Wildman–Crippen MR) is 112 cm³/mol. The molecule has 6 rings (SSSR count). The number of nitrogens with one attached hydrogen (secondary N) is 3. The molecule has 1 aromatic carbocycles. The Balaban J connectivity index is 1.17. The minimum Gasteiger partial charge on any atom is -0.361 e. The summed E-state index contributed by atoms with van der Waals surface area (Å²) in [4.78, 5) is 28.1. The van der Waals surface area contributed by atoms with Gasteiger partial charge in [0.1, 0.15) is 0 Å². The summed E-state index contributed by atoms with van der Waals surface area (Å²) in [5.74, 6) is 1.25. The van der Waals surface area contributed by atoms with E-state index in [1.54, 1.807) is 0 Å². The molecule has 4 bridgehead atoms. The molecule has 1 heterocycles. The van der Waals surface area contributed by atoms with E-state index >= 15 is 0 Å². The van der Waals surface area contributed by atoms with E-state index in [0.717, 1.165) is 47.6 Å². The molecule has 1 aromatic heterocycles. The van der Waals surface area contributed by atoms with Crippen molar-refractivity contribution in [1.29, 1.82) is 0 Å². The third kappa shape index (κ3) is 3.36. The number of aromatic amines is 1. The van der Waals surface area contributed by atoms with E-state index in [4.69, 9.17) is 0 Å². The summed E-state index contributed by atoms with van der Waals surface area (Å²) in [6, 6.07) is 7.91. The number of H-pyrrole nitrogens is 1. The maximum atomic E-state index is 12.6. The van der Waals surface area contributed by atoms with Crippen LogP contribution in [0.1, 0.15) is 50.5 Å². The second-order valence-corrected chi connectivity index (χ2v) is 11.1. The van der Waals surface area contributed by atoms with E-state index < -0.39 is 0 Å². The lowest BCUT2D eigenvalue weighted by molar-refractivity contribution is -0.133. The summed E-state index contributed by atoms with van der Waals surface area (Å²) >= 11 is 3.99. The number of alkyl halides is 1. The average Bonchev–Trinajstić information content (AvgIpc) is 3.00. The van der Waals surface area contributed by atoms with Gasteiger partial charge in [-0.25, -0.2) is 0 Å². The van der Waals surface area contributed by atoms with Crippen molar-refractivity contribution in [3.05, 3.63) is 36.0 Å². The van der Waals surface area contributed by atoms with E-state index in [0.29, 0.717) is 6.42 Å². The first kappa shape index (κ1) is 18.2. The van der Waals surface area contributed by atoms with Crippen molar-refractivity contribution >= 4 is 38.6 Å². The fraction of sp³-hybridized carbons (Fsp3) is 0.545. The van der Waals surface area contributed by atoms with Gasteiger partial charge in [-0.05, 0) is 67.4 Å². The van der Waals surface area contributed by atoms with Gasteiger partial charge in [-0.2, -0.15) is 0 Å². The van der Waals surface area contributed by atoms with Crippen molar-refractivity contribution in [3.63, 3.8) is 0 Å². The monoisotopic (exact) mass is 443 g/mol. The number of aromatic nitrogens is 1. The second-order valence-electron chi connectivity index (χ2n) is 9.42. The van der Waals surface area contributed by atoms with Gasteiger partial charge in [-0.1, -0.05) is 34.1 Å². The zero-order valence-corrected chi connectivity index (χ0v) is 17.5. The fourth-order valence-corrected chi connectivity index (χ4v) is 8.07. The Bertz CT molecular complexity index is 923. The van der Waals surface area contributed by atoms with Gasteiger partial charge >= 0.3 is 0 Å². The van der Waals surface area contributed by atoms with Crippen LogP contribution in [0.4, 0.5) is 0 Å². The van der Waals surface area contributed by atoms with Crippen LogP contribution in [0, 0.1) is 17.3 Å². The maximum absolute atomic E-state index is 12.6. The van der Waals surface area contributed by atoms with Crippen molar-refractivity contribution in [2.45, 2.75) is 55.7 Å². The molecule has 4 aliphatic carbocycles. The van der Waals surface area contributed by atoms with Gasteiger partial charge < -0.3 is 4.98 Å². The molecule has 5 nitrogen and oxygen atoms in total. The van der Waals surface area contributed by atoms with Crippen LogP contribution < -0.4 is 10.9 Å². The second kappa shape index (κ2) is 6.61. The number of hydrogen-bond donors (Lipinski definition) is 3. The first-order valence-corrected chi connectivity index (χ1v) is 11.0. The van der Waals surface area contributed by atoms with Crippen LogP contribution in [0.5, 0.6) is 0 Å². The number of benzene rings is 1. The highest BCUT2D eigenvalue weighted by molar-refractivity contribution is 9.10. The van der Waals surface area contributed by atoms with Gasteiger partial charge in [-0.3, -0.25) is 20.4 Å². The zero-order valence-electron chi connectivity index (χ0n) is 15.9. The van der Waals surface area contributed by atoms with Crippen molar-refractivity contribution in [2.75, 3.05) is 0 Å². The molecule has 148 valence electrons. The molecular formula is C22H26BrN3O2. The molecule has 4 aliphatic rings. The number of fused-ring (bicyclic) bond motifs is 1. The first-order chi connectivity index (χ1) is 13.4. The van der Waals surface area contributed by atoms with Crippen LogP contribution in [-0.2, 0) is 16.0 Å². The topological polar surface area (TPSA) is 74.0 Å². The highest BCUT2D eigenvalue weighted by Gasteiger charge is 2.57. The molecular weight excluding hydrogens is 418 g/mol. The third-order valence-electron chi connectivity index (χ3n) is 7.01. The Morgan fingerprint density at radius 3 is 2.54 bits per heavy atom. The molecule has 2 amide bonds. The van der Waals surface area contributed by atoms with E-state index in [9.17, 15) is 9.59 Å². The summed E-state index contributed by atoms with van der Waals surface area (Å²) in [6.07, 6.45) is 9.87. The quantitative estimate of drug-likeness (QED) is 0.493. The summed E-state index contributed by atoms with van der Waals surface area (Å²) in [6.45, 7) is 0. The molecule has 0 spiro atoms. The molecule has 6 heteroatoms. The lowest BCUT2D eigenvalue weighted by atomic mass is 9.48. The Kier molecular flexibility index (Phi) is 4.30. The van der Waals surface area contributed by atoms with Crippen molar-refractivity contribution in [2.24, 2.45) is 17.3 Å². The number of rotatable bonds is 4. The lowest BCUT2D eigenvalue weighted by Gasteiger charge is -2.60. The Morgan fingerprint density at radius 2 is 1.79 bits per heavy atom. The largest absolute Gasteiger partial charge is 0.361 e. The first-order valence-electron chi connectivity index (χ1n) is 10.2. The summed E-state index contributed by atoms with van der Waals surface area (Å²) in [5, 5.41) is 1.04. The number of hydrogen-bond acceptors (Lipinski definition) is 2. The van der Waals surface area contributed by atoms with E-state index in [1.807, 2.05) is 30.5 Å². The van der Waals surface area contributed by atoms with Gasteiger partial charge in [0, 0.05) is 27.8 Å². The highest BCUT2D eigenvalue weighted by Crippen LogP contribution is 2.65. The molecule has 4 saturated carbocycles.